The van der Waals surface area contributed by atoms with Gasteiger partial charge in [0.2, 0.25) is 5.91 Å². The normalized spacial score (nSPS) is 22.0. The third-order valence-electron chi connectivity index (χ3n) is 4.65. The second-order valence-electron chi connectivity index (χ2n) is 6.76. The van der Waals surface area contributed by atoms with E-state index in [4.69, 9.17) is 0 Å². The average molecular weight is 337 g/mol. The smallest absolute Gasteiger partial charge is 0.235 e. The van der Waals surface area contributed by atoms with E-state index in [9.17, 15) is 13.2 Å². The minimum atomic E-state index is -3.34. The molecule has 0 aromatic heterocycles. The third-order valence-corrected chi connectivity index (χ3v) is 6.75. The SMILES string of the molecule is CC(C)S(=O)(=O)CC(=O)N[C@@H]1CCCC[C@@H]1Cc1ccccc1. The molecule has 4 nitrogen and oxygen atoms in total. The number of carbonyl (C=O) groups is 1. The van der Waals surface area contributed by atoms with Gasteiger partial charge in [0.05, 0.1) is 5.25 Å². The van der Waals surface area contributed by atoms with Crippen LogP contribution in [0.25, 0.3) is 0 Å². The maximum Gasteiger partial charge on any atom is 0.235 e. The first-order chi connectivity index (χ1) is 10.9. The van der Waals surface area contributed by atoms with Gasteiger partial charge in [-0.3, -0.25) is 4.79 Å². The lowest BCUT2D eigenvalue weighted by Gasteiger charge is -2.32. The number of benzene rings is 1. The minimum absolute atomic E-state index is 0.0822. The molecule has 0 heterocycles. The molecule has 0 spiro atoms. The van der Waals surface area contributed by atoms with Crippen LogP contribution in [0.1, 0.15) is 45.1 Å². The maximum absolute atomic E-state index is 12.1. The van der Waals surface area contributed by atoms with E-state index in [1.54, 1.807) is 13.8 Å². The Balaban J connectivity index is 1.97. The van der Waals surface area contributed by atoms with E-state index in [2.05, 4.69) is 17.4 Å². The molecule has 23 heavy (non-hydrogen) atoms. The van der Waals surface area contributed by atoms with Crippen molar-refractivity contribution in [2.75, 3.05) is 5.75 Å². The summed E-state index contributed by atoms with van der Waals surface area (Å²) >= 11 is 0. The fourth-order valence-corrected chi connectivity index (χ4v) is 3.94. The van der Waals surface area contributed by atoms with E-state index in [0.29, 0.717) is 5.92 Å². The number of nitrogens with one attached hydrogen (secondary N) is 1. The highest BCUT2D eigenvalue weighted by Crippen LogP contribution is 2.27. The van der Waals surface area contributed by atoms with E-state index in [-0.39, 0.29) is 11.9 Å². The zero-order valence-electron chi connectivity index (χ0n) is 14.0. The predicted molar refractivity (Wildman–Crippen MR) is 93.0 cm³/mol. The second-order valence-corrected chi connectivity index (χ2v) is 9.32. The fourth-order valence-electron chi connectivity index (χ4n) is 3.16. The topological polar surface area (TPSA) is 63.2 Å². The Labute approximate surface area is 139 Å². The zero-order chi connectivity index (χ0) is 16.9. The molecule has 1 aromatic rings. The lowest BCUT2D eigenvalue weighted by molar-refractivity contribution is -0.119. The third kappa shape index (κ3) is 5.34. The maximum atomic E-state index is 12.1. The monoisotopic (exact) mass is 337 g/mol. The highest BCUT2D eigenvalue weighted by molar-refractivity contribution is 7.92. The Hall–Kier alpha value is -1.36. The molecule has 2 atom stereocenters. The molecule has 1 aliphatic rings. The van der Waals surface area contributed by atoms with E-state index in [1.807, 2.05) is 18.2 Å². The molecule has 5 heteroatoms. The van der Waals surface area contributed by atoms with Crippen molar-refractivity contribution in [3.05, 3.63) is 35.9 Å². The molecule has 2 rings (SSSR count). The molecule has 0 aliphatic heterocycles. The summed E-state index contributed by atoms with van der Waals surface area (Å²) in [7, 11) is -3.34. The second kappa shape index (κ2) is 7.95. The standard InChI is InChI=1S/C18H27NO3S/c1-14(2)23(21,22)13-18(20)19-17-11-7-6-10-16(17)12-15-8-4-3-5-9-15/h3-5,8-9,14,16-17H,6-7,10-13H2,1-2H3,(H,19,20)/t16-,17-/m1/s1. The average Bonchev–Trinajstić information content (AvgIpc) is 2.49. The summed E-state index contributed by atoms with van der Waals surface area (Å²) in [6, 6.07) is 10.4. The molecular weight excluding hydrogens is 310 g/mol. The number of carbonyl (C=O) groups excluding carboxylic acids is 1. The summed E-state index contributed by atoms with van der Waals surface area (Å²) in [6.45, 7) is 3.23. The summed E-state index contributed by atoms with van der Waals surface area (Å²) in [4.78, 5) is 12.1. The van der Waals surface area contributed by atoms with Gasteiger partial charge in [0.15, 0.2) is 9.84 Å². The Morgan fingerprint density at radius 3 is 2.48 bits per heavy atom. The first-order valence-electron chi connectivity index (χ1n) is 8.43. The highest BCUT2D eigenvalue weighted by Gasteiger charge is 2.28. The molecule has 0 saturated heterocycles. The van der Waals surface area contributed by atoms with Crippen LogP contribution in [0.4, 0.5) is 0 Å². The fraction of sp³-hybridized carbons (Fsp3) is 0.611. The van der Waals surface area contributed by atoms with Gasteiger partial charge in [0, 0.05) is 6.04 Å². The van der Waals surface area contributed by atoms with Crippen LogP contribution < -0.4 is 5.32 Å². The van der Waals surface area contributed by atoms with Gasteiger partial charge in [-0.15, -0.1) is 0 Å². The first kappa shape index (κ1) is 18.0. The van der Waals surface area contributed by atoms with E-state index < -0.39 is 20.8 Å². The molecule has 128 valence electrons. The predicted octanol–water partition coefficient (Wildman–Crippen LogP) is 2.73. The van der Waals surface area contributed by atoms with Crippen molar-refractivity contribution in [2.45, 2.75) is 57.2 Å². The Morgan fingerprint density at radius 2 is 1.83 bits per heavy atom. The van der Waals surface area contributed by atoms with Crippen molar-refractivity contribution in [3.63, 3.8) is 0 Å². The number of amides is 1. The summed E-state index contributed by atoms with van der Waals surface area (Å²) in [5.74, 6) is -0.375. The zero-order valence-corrected chi connectivity index (χ0v) is 14.8. The van der Waals surface area contributed by atoms with Crippen molar-refractivity contribution in [3.8, 4) is 0 Å². The summed E-state index contributed by atoms with van der Waals surface area (Å²) < 4.78 is 23.8. The largest absolute Gasteiger partial charge is 0.352 e. The van der Waals surface area contributed by atoms with Crippen LogP contribution in [-0.4, -0.2) is 31.4 Å². The summed E-state index contributed by atoms with van der Waals surface area (Å²) in [6.07, 6.45) is 5.21. The van der Waals surface area contributed by atoms with Gasteiger partial charge >= 0.3 is 0 Å². The molecule has 0 bridgehead atoms. The number of rotatable bonds is 6. The van der Waals surface area contributed by atoms with Crippen molar-refractivity contribution < 1.29 is 13.2 Å². The highest BCUT2D eigenvalue weighted by atomic mass is 32.2. The van der Waals surface area contributed by atoms with Gasteiger partial charge in [-0.2, -0.15) is 0 Å². The lowest BCUT2D eigenvalue weighted by Crippen LogP contribution is -2.45. The lowest BCUT2D eigenvalue weighted by atomic mass is 9.80. The van der Waals surface area contributed by atoms with Crippen LogP contribution in [0.2, 0.25) is 0 Å². The molecule has 1 fully saturated rings. The van der Waals surface area contributed by atoms with Crippen molar-refractivity contribution in [1.82, 2.24) is 5.32 Å². The van der Waals surface area contributed by atoms with Crippen molar-refractivity contribution in [1.29, 1.82) is 0 Å². The molecule has 1 saturated carbocycles. The van der Waals surface area contributed by atoms with Crippen LogP contribution in [0.15, 0.2) is 30.3 Å². The van der Waals surface area contributed by atoms with E-state index in [1.165, 1.54) is 12.0 Å². The van der Waals surface area contributed by atoms with E-state index >= 15 is 0 Å². The van der Waals surface area contributed by atoms with Crippen molar-refractivity contribution >= 4 is 15.7 Å². The van der Waals surface area contributed by atoms with Gasteiger partial charge in [-0.1, -0.05) is 43.2 Å². The van der Waals surface area contributed by atoms with Crippen LogP contribution in [-0.2, 0) is 21.1 Å². The van der Waals surface area contributed by atoms with Gasteiger partial charge < -0.3 is 5.32 Å². The first-order valence-corrected chi connectivity index (χ1v) is 10.1. The molecule has 1 amide bonds. The minimum Gasteiger partial charge on any atom is -0.352 e. The van der Waals surface area contributed by atoms with Crippen molar-refractivity contribution in [2.24, 2.45) is 5.92 Å². The van der Waals surface area contributed by atoms with Gasteiger partial charge in [-0.05, 0) is 44.6 Å². The van der Waals surface area contributed by atoms with E-state index in [0.717, 1.165) is 25.7 Å². The quantitative estimate of drug-likeness (QED) is 0.868. The summed E-state index contributed by atoms with van der Waals surface area (Å²) in [5, 5.41) is 2.47. The Bertz CT molecular complexity index is 610. The summed E-state index contributed by atoms with van der Waals surface area (Å²) in [5.41, 5.74) is 1.27. The van der Waals surface area contributed by atoms with Gasteiger partial charge in [-0.25, -0.2) is 8.42 Å². The number of hydrogen-bond acceptors (Lipinski definition) is 3. The van der Waals surface area contributed by atoms with Crippen LogP contribution in [0.5, 0.6) is 0 Å². The molecule has 0 unspecified atom stereocenters. The molecule has 0 radical (unpaired) electrons. The Morgan fingerprint density at radius 1 is 1.17 bits per heavy atom. The van der Waals surface area contributed by atoms with Gasteiger partial charge in [0.25, 0.3) is 0 Å². The number of hydrogen-bond donors (Lipinski definition) is 1. The van der Waals surface area contributed by atoms with Crippen LogP contribution in [0.3, 0.4) is 0 Å². The number of sulfone groups is 1. The molecule has 1 aromatic carbocycles. The van der Waals surface area contributed by atoms with Crippen LogP contribution in [0, 0.1) is 5.92 Å². The Kier molecular flexibility index (Phi) is 6.22. The van der Waals surface area contributed by atoms with Gasteiger partial charge in [0.1, 0.15) is 5.75 Å². The molecular formula is C18H27NO3S. The molecule has 1 N–H and O–H groups in total. The molecule has 1 aliphatic carbocycles. The van der Waals surface area contributed by atoms with Crippen LogP contribution >= 0.6 is 0 Å².